The molecule has 4 nitrogen and oxygen atoms in total. The van der Waals surface area contributed by atoms with Gasteiger partial charge in [-0.15, -0.1) is 0 Å². The molecule has 0 aromatic carbocycles. The van der Waals surface area contributed by atoms with Crippen LogP contribution in [-0.4, -0.2) is 78.6 Å². The van der Waals surface area contributed by atoms with E-state index in [0.29, 0.717) is 5.54 Å². The van der Waals surface area contributed by atoms with E-state index in [2.05, 4.69) is 28.5 Å². The van der Waals surface area contributed by atoms with Crippen LogP contribution in [0.1, 0.15) is 33.1 Å². The summed E-state index contributed by atoms with van der Waals surface area (Å²) >= 11 is 0. The summed E-state index contributed by atoms with van der Waals surface area (Å²) in [7, 11) is 0. The fourth-order valence-electron chi connectivity index (χ4n) is 5.03. The Morgan fingerprint density at radius 1 is 1.10 bits per heavy atom. The van der Waals surface area contributed by atoms with E-state index in [4.69, 9.17) is 5.73 Å². The summed E-state index contributed by atoms with van der Waals surface area (Å²) in [4.78, 5) is 8.05. The summed E-state index contributed by atoms with van der Waals surface area (Å²) in [5, 5.41) is 0. The molecule has 0 radical (unpaired) electrons. The molecule has 3 saturated heterocycles. The molecule has 20 heavy (non-hydrogen) atoms. The minimum atomic E-state index is 0.314. The Hall–Kier alpha value is -0.160. The number of likely N-dealkylation sites (N-methyl/N-ethyl adjacent to an activating group) is 1. The molecule has 4 atom stereocenters. The van der Waals surface area contributed by atoms with Crippen LogP contribution in [0.15, 0.2) is 0 Å². The number of rotatable bonds is 5. The van der Waals surface area contributed by atoms with Crippen LogP contribution >= 0.6 is 0 Å². The van der Waals surface area contributed by atoms with E-state index in [0.717, 1.165) is 18.5 Å². The van der Waals surface area contributed by atoms with Crippen molar-refractivity contribution in [3.8, 4) is 0 Å². The molecular weight excluding hydrogens is 248 g/mol. The molecule has 0 aromatic heterocycles. The highest BCUT2D eigenvalue weighted by Gasteiger charge is 2.50. The molecule has 2 N–H and O–H groups in total. The van der Waals surface area contributed by atoms with Crippen molar-refractivity contribution in [2.75, 3.05) is 52.4 Å². The van der Waals surface area contributed by atoms with Gasteiger partial charge in [-0.25, -0.2) is 0 Å². The highest BCUT2D eigenvalue weighted by Crippen LogP contribution is 2.41. The van der Waals surface area contributed by atoms with Crippen molar-refractivity contribution in [2.24, 2.45) is 11.7 Å². The van der Waals surface area contributed by atoms with Gasteiger partial charge in [0.25, 0.3) is 0 Å². The summed E-state index contributed by atoms with van der Waals surface area (Å²) in [5.41, 5.74) is 6.63. The van der Waals surface area contributed by atoms with Crippen molar-refractivity contribution in [2.45, 2.75) is 44.7 Å². The van der Waals surface area contributed by atoms with Gasteiger partial charge in [-0.05, 0) is 51.4 Å². The Morgan fingerprint density at radius 2 is 1.90 bits per heavy atom. The lowest BCUT2D eigenvalue weighted by Crippen LogP contribution is -2.62. The van der Waals surface area contributed by atoms with Crippen molar-refractivity contribution >= 4 is 0 Å². The zero-order valence-electron chi connectivity index (χ0n) is 13.4. The second-order valence-electron chi connectivity index (χ2n) is 6.95. The molecular formula is C16H32N4. The Morgan fingerprint density at radius 3 is 2.60 bits per heavy atom. The molecule has 0 spiro atoms. The summed E-state index contributed by atoms with van der Waals surface area (Å²) in [5.74, 6) is 0.816. The van der Waals surface area contributed by atoms with Gasteiger partial charge in [0.15, 0.2) is 0 Å². The number of hydrogen-bond donors (Lipinski definition) is 1. The first kappa shape index (κ1) is 14.8. The van der Waals surface area contributed by atoms with Gasteiger partial charge in [0.1, 0.15) is 0 Å². The zero-order chi connectivity index (χ0) is 14.2. The van der Waals surface area contributed by atoms with Crippen molar-refractivity contribution < 1.29 is 0 Å². The van der Waals surface area contributed by atoms with Gasteiger partial charge in [-0.3, -0.25) is 9.80 Å². The van der Waals surface area contributed by atoms with Crippen LogP contribution in [0.4, 0.5) is 0 Å². The molecule has 116 valence electrons. The van der Waals surface area contributed by atoms with Crippen LogP contribution in [0, 0.1) is 5.92 Å². The van der Waals surface area contributed by atoms with Crippen LogP contribution in [0.3, 0.4) is 0 Å². The summed E-state index contributed by atoms with van der Waals surface area (Å²) < 4.78 is 0. The van der Waals surface area contributed by atoms with Gasteiger partial charge < -0.3 is 10.6 Å². The molecule has 0 amide bonds. The number of fused-ring (bicyclic) bond motifs is 2. The lowest BCUT2D eigenvalue weighted by molar-refractivity contribution is 0.0196. The highest BCUT2D eigenvalue weighted by molar-refractivity contribution is 5.07. The normalized spacial score (nSPS) is 41.7. The van der Waals surface area contributed by atoms with E-state index in [9.17, 15) is 0 Å². The molecule has 4 heteroatoms. The van der Waals surface area contributed by atoms with E-state index < -0.39 is 0 Å². The average molecular weight is 280 g/mol. The Labute approximate surface area is 124 Å². The number of nitrogens with zero attached hydrogens (tertiary/aromatic N) is 3. The zero-order valence-corrected chi connectivity index (χ0v) is 13.4. The number of piperidine rings is 1. The first-order chi connectivity index (χ1) is 9.73. The SMILES string of the molecule is CCN(CC)C1CCN(C2(CN)CCN3CCC2C3)C1. The van der Waals surface area contributed by atoms with Gasteiger partial charge in [-0.2, -0.15) is 0 Å². The molecule has 3 fully saturated rings. The smallest absolute Gasteiger partial charge is 0.0385 e. The highest BCUT2D eigenvalue weighted by atomic mass is 15.3. The average Bonchev–Trinajstić information content (AvgIpc) is 3.11. The Kier molecular flexibility index (Phi) is 4.37. The van der Waals surface area contributed by atoms with Gasteiger partial charge in [-0.1, -0.05) is 13.8 Å². The maximum Gasteiger partial charge on any atom is 0.0385 e. The standard InChI is InChI=1S/C16H32N4/c1-3-19(4-2)15-6-9-20(12-15)16(13-17)7-10-18-8-5-14(16)11-18/h14-15H,3-13,17H2,1-2H3. The van der Waals surface area contributed by atoms with E-state index in [1.54, 1.807) is 0 Å². The van der Waals surface area contributed by atoms with E-state index >= 15 is 0 Å². The molecule has 3 rings (SSSR count). The summed E-state index contributed by atoms with van der Waals surface area (Å²) in [6.45, 7) is 14.2. The molecule has 0 aromatic rings. The van der Waals surface area contributed by atoms with E-state index in [1.165, 1.54) is 65.1 Å². The predicted molar refractivity (Wildman–Crippen MR) is 83.8 cm³/mol. The van der Waals surface area contributed by atoms with Crippen molar-refractivity contribution in [3.05, 3.63) is 0 Å². The molecule has 4 unspecified atom stereocenters. The van der Waals surface area contributed by atoms with Crippen LogP contribution in [0.5, 0.6) is 0 Å². The second kappa shape index (κ2) is 5.91. The number of likely N-dealkylation sites (tertiary alicyclic amines) is 1. The van der Waals surface area contributed by atoms with Gasteiger partial charge in [0.2, 0.25) is 0 Å². The lowest BCUT2D eigenvalue weighted by Gasteiger charge is -2.49. The van der Waals surface area contributed by atoms with Crippen LogP contribution in [0.2, 0.25) is 0 Å². The van der Waals surface area contributed by atoms with Crippen LogP contribution in [-0.2, 0) is 0 Å². The van der Waals surface area contributed by atoms with Crippen molar-refractivity contribution in [3.63, 3.8) is 0 Å². The lowest BCUT2D eigenvalue weighted by atomic mass is 9.77. The van der Waals surface area contributed by atoms with Gasteiger partial charge in [0.05, 0.1) is 0 Å². The molecule has 0 aliphatic carbocycles. The van der Waals surface area contributed by atoms with Gasteiger partial charge in [0, 0.05) is 37.8 Å². The Bertz CT molecular complexity index is 330. The quantitative estimate of drug-likeness (QED) is 0.809. The fourth-order valence-corrected chi connectivity index (χ4v) is 5.03. The number of hydrogen-bond acceptors (Lipinski definition) is 4. The van der Waals surface area contributed by atoms with Crippen LogP contribution < -0.4 is 5.73 Å². The first-order valence-electron chi connectivity index (χ1n) is 8.65. The summed E-state index contributed by atoms with van der Waals surface area (Å²) in [6.07, 6.45) is 3.99. The maximum absolute atomic E-state index is 6.32. The molecule has 3 aliphatic rings. The van der Waals surface area contributed by atoms with Crippen LogP contribution in [0.25, 0.3) is 0 Å². The third-order valence-corrected chi connectivity index (χ3v) is 6.37. The molecule has 2 bridgehead atoms. The largest absolute Gasteiger partial charge is 0.329 e. The minimum absolute atomic E-state index is 0.314. The molecule has 0 saturated carbocycles. The van der Waals surface area contributed by atoms with Crippen molar-refractivity contribution in [1.82, 2.24) is 14.7 Å². The molecule has 3 aliphatic heterocycles. The fraction of sp³-hybridized carbons (Fsp3) is 1.00. The minimum Gasteiger partial charge on any atom is -0.329 e. The maximum atomic E-state index is 6.32. The number of nitrogens with two attached hydrogens (primary N) is 1. The third-order valence-electron chi connectivity index (χ3n) is 6.37. The van der Waals surface area contributed by atoms with Gasteiger partial charge >= 0.3 is 0 Å². The Balaban J connectivity index is 1.71. The summed E-state index contributed by atoms with van der Waals surface area (Å²) in [6, 6.07) is 0.757. The van der Waals surface area contributed by atoms with E-state index in [1.807, 2.05) is 0 Å². The first-order valence-corrected chi connectivity index (χ1v) is 8.65. The van der Waals surface area contributed by atoms with Crippen molar-refractivity contribution in [1.29, 1.82) is 0 Å². The third kappa shape index (κ3) is 2.31. The van der Waals surface area contributed by atoms with E-state index in [-0.39, 0.29) is 0 Å². The second-order valence-corrected chi connectivity index (χ2v) is 6.95. The predicted octanol–water partition coefficient (Wildman–Crippen LogP) is 0.826. The monoisotopic (exact) mass is 280 g/mol. The topological polar surface area (TPSA) is 35.7 Å². The molecule has 3 heterocycles.